The van der Waals surface area contributed by atoms with E-state index in [1.807, 2.05) is 20.8 Å². The van der Waals surface area contributed by atoms with Gasteiger partial charge in [0.1, 0.15) is 0 Å². The maximum absolute atomic E-state index is 11.4. The molecule has 3 nitrogen and oxygen atoms in total. The van der Waals surface area contributed by atoms with Crippen molar-refractivity contribution in [3.8, 4) is 0 Å². The normalized spacial score (nSPS) is 13.8. The highest BCUT2D eigenvalue weighted by Crippen LogP contribution is 1.98. The van der Waals surface area contributed by atoms with Crippen LogP contribution in [0.3, 0.4) is 0 Å². The van der Waals surface area contributed by atoms with Crippen molar-refractivity contribution >= 4 is 5.91 Å². The average Bonchev–Trinajstić information content (AvgIpc) is 2.00. The van der Waals surface area contributed by atoms with Gasteiger partial charge in [-0.1, -0.05) is 6.92 Å². The lowest BCUT2D eigenvalue weighted by Crippen LogP contribution is -2.42. The van der Waals surface area contributed by atoms with Crippen molar-refractivity contribution < 1.29 is 4.79 Å². The molecule has 0 fully saturated rings. The molecule has 0 heterocycles. The van der Waals surface area contributed by atoms with Crippen molar-refractivity contribution in [1.29, 1.82) is 0 Å². The Morgan fingerprint density at radius 3 is 2.36 bits per heavy atom. The SMILES string of the molecule is CCC(C)NCCC(=O)NC(C)(C)C. The standard InChI is InChI=1S/C11H24N2O/c1-6-9(2)12-8-7-10(14)13-11(3,4)5/h9,12H,6-8H2,1-5H3,(H,13,14). The summed E-state index contributed by atoms with van der Waals surface area (Å²) in [6.07, 6.45) is 1.66. The lowest BCUT2D eigenvalue weighted by molar-refractivity contribution is -0.122. The van der Waals surface area contributed by atoms with Crippen molar-refractivity contribution in [2.24, 2.45) is 0 Å². The summed E-state index contributed by atoms with van der Waals surface area (Å²) in [5.74, 6) is 0.119. The van der Waals surface area contributed by atoms with Gasteiger partial charge in [-0.2, -0.15) is 0 Å². The van der Waals surface area contributed by atoms with Gasteiger partial charge in [-0.05, 0) is 34.1 Å². The number of nitrogens with one attached hydrogen (secondary N) is 2. The van der Waals surface area contributed by atoms with Crippen LogP contribution in [0.4, 0.5) is 0 Å². The summed E-state index contributed by atoms with van der Waals surface area (Å²) in [6.45, 7) is 11.0. The fourth-order valence-corrected chi connectivity index (χ4v) is 1.06. The molecule has 0 aliphatic carbocycles. The van der Waals surface area contributed by atoms with Gasteiger partial charge in [-0.3, -0.25) is 4.79 Å². The summed E-state index contributed by atoms with van der Waals surface area (Å²) in [5, 5.41) is 6.22. The molecule has 0 saturated carbocycles. The Balaban J connectivity index is 3.55. The van der Waals surface area contributed by atoms with Crippen LogP contribution < -0.4 is 10.6 Å². The van der Waals surface area contributed by atoms with Crippen LogP contribution in [0.2, 0.25) is 0 Å². The molecule has 3 heteroatoms. The fourth-order valence-electron chi connectivity index (χ4n) is 1.06. The van der Waals surface area contributed by atoms with Crippen LogP contribution in [-0.4, -0.2) is 24.0 Å². The first-order valence-electron chi connectivity index (χ1n) is 5.39. The van der Waals surface area contributed by atoms with Gasteiger partial charge < -0.3 is 10.6 Å². The molecule has 2 N–H and O–H groups in total. The number of amides is 1. The zero-order valence-electron chi connectivity index (χ0n) is 10.1. The van der Waals surface area contributed by atoms with Gasteiger partial charge in [-0.15, -0.1) is 0 Å². The molecule has 0 aliphatic rings. The third kappa shape index (κ3) is 8.05. The predicted octanol–water partition coefficient (Wildman–Crippen LogP) is 1.68. The molecule has 84 valence electrons. The summed E-state index contributed by atoms with van der Waals surface area (Å²) in [7, 11) is 0. The molecule has 1 unspecified atom stereocenters. The zero-order chi connectivity index (χ0) is 11.2. The molecule has 14 heavy (non-hydrogen) atoms. The van der Waals surface area contributed by atoms with Crippen molar-refractivity contribution in [2.75, 3.05) is 6.54 Å². The molecule has 1 amide bonds. The quantitative estimate of drug-likeness (QED) is 0.709. The Hall–Kier alpha value is -0.570. The fraction of sp³-hybridized carbons (Fsp3) is 0.909. The van der Waals surface area contributed by atoms with Gasteiger partial charge in [0.2, 0.25) is 5.91 Å². The highest BCUT2D eigenvalue weighted by Gasteiger charge is 2.12. The van der Waals surface area contributed by atoms with Gasteiger partial charge >= 0.3 is 0 Å². The Bertz CT molecular complexity index is 173. The van der Waals surface area contributed by atoms with E-state index in [1.54, 1.807) is 0 Å². The minimum atomic E-state index is -0.118. The monoisotopic (exact) mass is 200 g/mol. The van der Waals surface area contributed by atoms with Gasteiger partial charge in [0.25, 0.3) is 0 Å². The van der Waals surface area contributed by atoms with E-state index >= 15 is 0 Å². The van der Waals surface area contributed by atoms with Gasteiger partial charge in [0.15, 0.2) is 0 Å². The molecular formula is C11H24N2O. The first-order valence-corrected chi connectivity index (χ1v) is 5.39. The number of rotatable bonds is 5. The summed E-state index contributed by atoms with van der Waals surface area (Å²) < 4.78 is 0. The van der Waals surface area contributed by atoms with Crippen LogP contribution >= 0.6 is 0 Å². The van der Waals surface area contributed by atoms with Crippen LogP contribution in [0, 0.1) is 0 Å². The Kier molecular flexibility index (Phi) is 5.77. The van der Waals surface area contributed by atoms with E-state index in [4.69, 9.17) is 0 Å². The second kappa shape index (κ2) is 6.02. The molecule has 1 atom stereocenters. The molecular weight excluding hydrogens is 176 g/mol. The van der Waals surface area contributed by atoms with Crippen molar-refractivity contribution in [3.05, 3.63) is 0 Å². The van der Waals surface area contributed by atoms with Gasteiger partial charge in [0, 0.05) is 24.5 Å². The molecule has 0 aromatic rings. The Labute approximate surface area is 87.6 Å². The van der Waals surface area contributed by atoms with E-state index in [0.717, 1.165) is 13.0 Å². The Morgan fingerprint density at radius 2 is 1.93 bits per heavy atom. The average molecular weight is 200 g/mol. The van der Waals surface area contributed by atoms with Gasteiger partial charge in [-0.25, -0.2) is 0 Å². The third-order valence-electron chi connectivity index (χ3n) is 1.97. The molecule has 0 radical (unpaired) electrons. The number of hydrogen-bond acceptors (Lipinski definition) is 2. The van der Waals surface area contributed by atoms with Crippen LogP contribution in [0.1, 0.15) is 47.5 Å². The molecule has 0 saturated heterocycles. The van der Waals surface area contributed by atoms with E-state index in [0.29, 0.717) is 12.5 Å². The molecule has 0 spiro atoms. The van der Waals surface area contributed by atoms with E-state index < -0.39 is 0 Å². The largest absolute Gasteiger partial charge is 0.351 e. The second-order valence-corrected chi connectivity index (χ2v) is 4.81. The minimum absolute atomic E-state index is 0.118. The molecule has 0 bridgehead atoms. The molecule has 0 aromatic carbocycles. The van der Waals surface area contributed by atoms with E-state index in [9.17, 15) is 4.79 Å². The maximum atomic E-state index is 11.4. The smallest absolute Gasteiger partial charge is 0.221 e. The highest BCUT2D eigenvalue weighted by atomic mass is 16.1. The van der Waals surface area contributed by atoms with E-state index in [-0.39, 0.29) is 11.4 Å². The highest BCUT2D eigenvalue weighted by molar-refractivity contribution is 5.76. The molecule has 0 aromatic heterocycles. The van der Waals surface area contributed by atoms with E-state index in [1.165, 1.54) is 0 Å². The first kappa shape index (κ1) is 13.4. The molecule has 0 aliphatic heterocycles. The number of carbonyl (C=O) groups is 1. The number of hydrogen-bond donors (Lipinski definition) is 2. The zero-order valence-corrected chi connectivity index (χ0v) is 10.1. The predicted molar refractivity (Wildman–Crippen MR) is 60.3 cm³/mol. The minimum Gasteiger partial charge on any atom is -0.351 e. The summed E-state index contributed by atoms with van der Waals surface area (Å²) in [6, 6.07) is 0.498. The lowest BCUT2D eigenvalue weighted by atomic mass is 10.1. The summed E-state index contributed by atoms with van der Waals surface area (Å²) >= 11 is 0. The van der Waals surface area contributed by atoms with Gasteiger partial charge in [0.05, 0.1) is 0 Å². The van der Waals surface area contributed by atoms with Crippen molar-refractivity contribution in [1.82, 2.24) is 10.6 Å². The van der Waals surface area contributed by atoms with Crippen LogP contribution in [0.5, 0.6) is 0 Å². The Morgan fingerprint density at radius 1 is 1.36 bits per heavy atom. The summed E-state index contributed by atoms with van der Waals surface area (Å²) in [5.41, 5.74) is -0.118. The second-order valence-electron chi connectivity index (χ2n) is 4.81. The van der Waals surface area contributed by atoms with E-state index in [2.05, 4.69) is 24.5 Å². The van der Waals surface area contributed by atoms with Crippen LogP contribution in [0.25, 0.3) is 0 Å². The maximum Gasteiger partial charge on any atom is 0.221 e. The number of carbonyl (C=O) groups excluding carboxylic acids is 1. The topological polar surface area (TPSA) is 41.1 Å². The van der Waals surface area contributed by atoms with Crippen LogP contribution in [-0.2, 0) is 4.79 Å². The van der Waals surface area contributed by atoms with Crippen molar-refractivity contribution in [3.63, 3.8) is 0 Å². The van der Waals surface area contributed by atoms with Crippen molar-refractivity contribution in [2.45, 2.75) is 59.0 Å². The third-order valence-corrected chi connectivity index (χ3v) is 1.97. The molecule has 0 rings (SSSR count). The first-order chi connectivity index (χ1) is 6.35. The summed E-state index contributed by atoms with van der Waals surface area (Å²) in [4.78, 5) is 11.4. The van der Waals surface area contributed by atoms with Crippen LogP contribution in [0.15, 0.2) is 0 Å². The lowest BCUT2D eigenvalue weighted by Gasteiger charge is -2.20.